The zero-order chi connectivity index (χ0) is 17.1. The quantitative estimate of drug-likeness (QED) is 0.662. The highest BCUT2D eigenvalue weighted by Crippen LogP contribution is 2.65. The number of likely N-dealkylation sites (tertiary alicyclic amines) is 1. The Labute approximate surface area is 147 Å². The van der Waals surface area contributed by atoms with Gasteiger partial charge in [-0.05, 0) is 61.3 Å². The number of nitrogens with one attached hydrogen (secondary N) is 1. The van der Waals surface area contributed by atoms with Crippen LogP contribution in [0.3, 0.4) is 0 Å². The summed E-state index contributed by atoms with van der Waals surface area (Å²) in [6, 6.07) is 7.58. The van der Waals surface area contributed by atoms with Crippen LogP contribution in [0.5, 0.6) is 5.75 Å². The standard InChI is InChI=1S/C20H22N2O3/c1-2-25-12-5-3-11(4-6-12)21-10-22-19(23)17-13-7-8-14(16-9-15(13)16)18(17)20(22)24/h3-8,13-18,21H,2,9-10H2,1H3/t13-,14-,15-,16-,17+,18+/m1/s1. The second kappa shape index (κ2) is 5.35. The number of carbonyl (C=O) groups excluding carboxylic acids is 2. The van der Waals surface area contributed by atoms with E-state index in [1.54, 1.807) is 0 Å². The highest BCUT2D eigenvalue weighted by atomic mass is 16.5. The number of benzene rings is 1. The molecule has 0 radical (unpaired) electrons. The zero-order valence-electron chi connectivity index (χ0n) is 14.2. The van der Waals surface area contributed by atoms with Gasteiger partial charge >= 0.3 is 0 Å². The maximum Gasteiger partial charge on any atom is 0.235 e. The van der Waals surface area contributed by atoms with Crippen LogP contribution < -0.4 is 10.1 Å². The van der Waals surface area contributed by atoms with Crippen LogP contribution in [0.25, 0.3) is 0 Å². The molecule has 2 amide bonds. The molecule has 4 aliphatic carbocycles. The van der Waals surface area contributed by atoms with Crippen molar-refractivity contribution in [3.8, 4) is 5.75 Å². The fraction of sp³-hybridized carbons (Fsp3) is 0.500. The summed E-state index contributed by atoms with van der Waals surface area (Å²) >= 11 is 0. The van der Waals surface area contributed by atoms with Crippen LogP contribution in [0.15, 0.2) is 36.4 Å². The molecule has 1 N–H and O–H groups in total. The topological polar surface area (TPSA) is 58.6 Å². The van der Waals surface area contributed by atoms with Gasteiger partial charge in [0.15, 0.2) is 0 Å². The third kappa shape index (κ3) is 2.14. The summed E-state index contributed by atoms with van der Waals surface area (Å²) in [5, 5.41) is 3.21. The first kappa shape index (κ1) is 15.0. The number of rotatable bonds is 5. The molecule has 3 fully saturated rings. The molecule has 130 valence electrons. The highest BCUT2D eigenvalue weighted by Gasteiger charge is 2.66. The molecule has 2 saturated carbocycles. The third-order valence-corrected chi connectivity index (χ3v) is 6.36. The van der Waals surface area contributed by atoms with Crippen molar-refractivity contribution < 1.29 is 14.3 Å². The summed E-state index contributed by atoms with van der Waals surface area (Å²) in [5.41, 5.74) is 0.878. The van der Waals surface area contributed by atoms with E-state index in [4.69, 9.17) is 4.74 Å². The lowest BCUT2D eigenvalue weighted by atomic mass is 9.63. The minimum Gasteiger partial charge on any atom is -0.494 e. The number of hydrogen-bond donors (Lipinski definition) is 1. The minimum absolute atomic E-state index is 0.0122. The molecular weight excluding hydrogens is 316 g/mol. The maximum absolute atomic E-state index is 12.9. The Morgan fingerprint density at radius 3 is 2.20 bits per heavy atom. The number of amides is 2. The van der Waals surface area contributed by atoms with E-state index >= 15 is 0 Å². The Balaban J connectivity index is 1.29. The average molecular weight is 338 g/mol. The molecule has 0 spiro atoms. The number of hydrogen-bond acceptors (Lipinski definition) is 4. The van der Waals surface area contributed by atoms with Gasteiger partial charge in [-0.15, -0.1) is 0 Å². The molecule has 6 rings (SSSR count). The number of ether oxygens (including phenoxy) is 1. The van der Waals surface area contributed by atoms with Crippen molar-refractivity contribution in [3.63, 3.8) is 0 Å². The van der Waals surface area contributed by atoms with E-state index in [2.05, 4.69) is 17.5 Å². The van der Waals surface area contributed by atoms with Crippen LogP contribution in [-0.2, 0) is 9.59 Å². The minimum atomic E-state index is -0.117. The molecule has 25 heavy (non-hydrogen) atoms. The van der Waals surface area contributed by atoms with E-state index < -0.39 is 0 Å². The first-order valence-electron chi connectivity index (χ1n) is 9.19. The molecule has 1 aromatic rings. The predicted molar refractivity (Wildman–Crippen MR) is 92.7 cm³/mol. The van der Waals surface area contributed by atoms with Gasteiger partial charge < -0.3 is 10.1 Å². The van der Waals surface area contributed by atoms with Crippen LogP contribution in [0.1, 0.15) is 13.3 Å². The second-order valence-electron chi connectivity index (χ2n) is 7.55. The van der Waals surface area contributed by atoms with Crippen LogP contribution in [-0.4, -0.2) is 30.0 Å². The van der Waals surface area contributed by atoms with Gasteiger partial charge in [0.2, 0.25) is 11.8 Å². The van der Waals surface area contributed by atoms with Gasteiger partial charge in [-0.3, -0.25) is 14.5 Å². The Morgan fingerprint density at radius 2 is 1.64 bits per heavy atom. The number of anilines is 1. The summed E-state index contributed by atoms with van der Waals surface area (Å²) in [6.07, 6.45) is 5.60. The second-order valence-corrected chi connectivity index (χ2v) is 7.55. The number of imide groups is 1. The number of carbonyl (C=O) groups is 2. The Morgan fingerprint density at radius 1 is 1.04 bits per heavy atom. The number of nitrogens with zero attached hydrogens (tertiary/aromatic N) is 1. The van der Waals surface area contributed by atoms with E-state index in [0.717, 1.165) is 11.4 Å². The summed E-state index contributed by atoms with van der Waals surface area (Å²) in [7, 11) is 0. The molecular formula is C20H22N2O3. The van der Waals surface area contributed by atoms with Crippen molar-refractivity contribution >= 4 is 17.5 Å². The van der Waals surface area contributed by atoms with E-state index in [-0.39, 0.29) is 42.2 Å². The fourth-order valence-corrected chi connectivity index (χ4v) is 5.18. The third-order valence-electron chi connectivity index (χ3n) is 6.36. The smallest absolute Gasteiger partial charge is 0.235 e. The van der Waals surface area contributed by atoms with Gasteiger partial charge in [-0.25, -0.2) is 0 Å². The molecule has 2 bridgehead atoms. The molecule has 1 saturated heterocycles. The lowest BCUT2D eigenvalue weighted by molar-refractivity contribution is -0.139. The maximum atomic E-state index is 12.9. The monoisotopic (exact) mass is 338 g/mol. The van der Waals surface area contributed by atoms with Gasteiger partial charge in [0.1, 0.15) is 5.75 Å². The van der Waals surface area contributed by atoms with E-state index in [9.17, 15) is 9.59 Å². The highest BCUT2D eigenvalue weighted by molar-refractivity contribution is 6.06. The van der Waals surface area contributed by atoms with Gasteiger partial charge in [0, 0.05) is 5.69 Å². The first-order chi connectivity index (χ1) is 12.2. The summed E-state index contributed by atoms with van der Waals surface area (Å²) in [6.45, 7) is 2.82. The fourth-order valence-electron chi connectivity index (χ4n) is 5.18. The summed E-state index contributed by atoms with van der Waals surface area (Å²) in [5.74, 6) is 2.46. The van der Waals surface area contributed by atoms with Crippen molar-refractivity contribution in [2.45, 2.75) is 13.3 Å². The lowest BCUT2D eigenvalue weighted by Gasteiger charge is -2.37. The molecule has 0 unspecified atom stereocenters. The van der Waals surface area contributed by atoms with Gasteiger partial charge in [0.25, 0.3) is 0 Å². The molecule has 0 aromatic heterocycles. The largest absolute Gasteiger partial charge is 0.494 e. The summed E-state index contributed by atoms with van der Waals surface area (Å²) < 4.78 is 5.43. The Hall–Kier alpha value is -2.30. The van der Waals surface area contributed by atoms with Crippen LogP contribution in [0.2, 0.25) is 0 Å². The van der Waals surface area contributed by atoms with E-state index in [0.29, 0.717) is 18.4 Å². The van der Waals surface area contributed by atoms with Crippen molar-refractivity contribution in [3.05, 3.63) is 36.4 Å². The molecule has 5 heteroatoms. The van der Waals surface area contributed by atoms with Crippen LogP contribution >= 0.6 is 0 Å². The zero-order valence-corrected chi connectivity index (χ0v) is 14.2. The van der Waals surface area contributed by atoms with Gasteiger partial charge in [-0.2, -0.15) is 0 Å². The molecule has 5 aliphatic rings. The van der Waals surface area contributed by atoms with E-state index in [1.807, 2.05) is 31.2 Å². The molecule has 1 aliphatic heterocycles. The normalized spacial score (nSPS) is 37.1. The molecule has 5 nitrogen and oxygen atoms in total. The van der Waals surface area contributed by atoms with Crippen molar-refractivity contribution in [1.82, 2.24) is 4.90 Å². The predicted octanol–water partition coefficient (Wildman–Crippen LogP) is 2.51. The number of allylic oxidation sites excluding steroid dienone is 2. The lowest BCUT2D eigenvalue weighted by Crippen LogP contribution is -2.40. The Bertz CT molecular complexity index is 721. The van der Waals surface area contributed by atoms with Crippen molar-refractivity contribution in [2.24, 2.45) is 35.5 Å². The average Bonchev–Trinajstić information content (AvgIpc) is 3.41. The summed E-state index contributed by atoms with van der Waals surface area (Å²) in [4.78, 5) is 27.2. The van der Waals surface area contributed by atoms with Crippen LogP contribution in [0, 0.1) is 35.5 Å². The molecule has 6 atom stereocenters. The van der Waals surface area contributed by atoms with E-state index in [1.165, 1.54) is 11.3 Å². The van der Waals surface area contributed by atoms with Crippen LogP contribution in [0.4, 0.5) is 5.69 Å². The van der Waals surface area contributed by atoms with Gasteiger partial charge in [0.05, 0.1) is 25.1 Å². The SMILES string of the molecule is CCOc1ccc(NCN2C(=O)[C@H]3[C@@H]4C=C[C@H]([C@H]5C[C@H]45)[C@@H]3C2=O)cc1. The first-order valence-corrected chi connectivity index (χ1v) is 9.19. The van der Waals surface area contributed by atoms with Crippen molar-refractivity contribution in [1.29, 1.82) is 0 Å². The van der Waals surface area contributed by atoms with Gasteiger partial charge in [-0.1, -0.05) is 12.2 Å². The van der Waals surface area contributed by atoms with Crippen molar-refractivity contribution in [2.75, 3.05) is 18.6 Å². The Kier molecular flexibility index (Phi) is 3.21. The molecule has 1 aromatic carbocycles. The molecule has 1 heterocycles.